The van der Waals surface area contributed by atoms with Crippen molar-refractivity contribution in [1.82, 2.24) is 0 Å². The predicted octanol–water partition coefficient (Wildman–Crippen LogP) is 18.5. The van der Waals surface area contributed by atoms with Gasteiger partial charge in [0, 0.05) is 19.3 Å². The summed E-state index contributed by atoms with van der Waals surface area (Å²) in [5, 5.41) is 0. The quantitative estimate of drug-likeness (QED) is 0.0262. The third-order valence-electron chi connectivity index (χ3n) is 11.5. The maximum atomic E-state index is 12.8. The largest absolute Gasteiger partial charge is 0.462 e. The van der Waals surface area contributed by atoms with Gasteiger partial charge in [-0.15, -0.1) is 0 Å². The number of hydrogen-bond donors (Lipinski definition) is 0. The van der Waals surface area contributed by atoms with Gasteiger partial charge in [0.25, 0.3) is 0 Å². The van der Waals surface area contributed by atoms with Crippen molar-refractivity contribution in [3.05, 3.63) is 97.2 Å². The van der Waals surface area contributed by atoms with Gasteiger partial charge in [-0.05, 0) is 122 Å². The molecular formula is C61H102O6. The molecule has 0 spiro atoms. The normalized spacial score (nSPS) is 12.8. The van der Waals surface area contributed by atoms with Crippen LogP contribution in [0, 0.1) is 0 Å². The van der Waals surface area contributed by atoms with Crippen LogP contribution in [-0.4, -0.2) is 37.2 Å². The molecule has 67 heavy (non-hydrogen) atoms. The number of carbonyl (C=O) groups is 3. The highest BCUT2D eigenvalue weighted by atomic mass is 16.6. The van der Waals surface area contributed by atoms with Gasteiger partial charge in [0.15, 0.2) is 6.10 Å². The Hall–Kier alpha value is -3.67. The summed E-state index contributed by atoms with van der Waals surface area (Å²) < 4.78 is 16.8. The summed E-state index contributed by atoms with van der Waals surface area (Å²) in [6.07, 6.45) is 72.5. The van der Waals surface area contributed by atoms with E-state index in [4.69, 9.17) is 14.2 Å². The zero-order valence-electron chi connectivity index (χ0n) is 43.6. The fourth-order valence-electron chi connectivity index (χ4n) is 7.32. The van der Waals surface area contributed by atoms with Gasteiger partial charge in [-0.2, -0.15) is 0 Å². The van der Waals surface area contributed by atoms with Gasteiger partial charge in [-0.3, -0.25) is 14.4 Å². The molecule has 0 rings (SSSR count). The SMILES string of the molecule is CCCCC/C=C\C/C=C\C/C=C\C/C=C\CCCC(=O)O[C@H](COC(=O)CCCCCC/C=C\C/C=C\C/C=C\CCCCC)COC(=O)CCCCCCCCC/C=C\CCCCCC. The van der Waals surface area contributed by atoms with E-state index in [1.165, 1.54) is 116 Å². The summed E-state index contributed by atoms with van der Waals surface area (Å²) in [5.74, 6) is -0.993. The van der Waals surface area contributed by atoms with Gasteiger partial charge in [0.1, 0.15) is 13.2 Å². The standard InChI is InChI=1S/C61H102O6/c1-4-7-10-13-16-19-22-25-28-30-33-36-39-42-45-48-51-54-60(63)66-57-58(56-65-59(62)53-50-47-44-41-38-35-32-27-24-21-18-15-12-9-6-3)67-61(64)55-52-49-46-43-40-37-34-31-29-26-23-20-17-14-11-8-5-2/h16-17,19-21,24-26,28-29,33-34,36-37,43,46,58H,4-15,18,22-23,27,30-32,35,38-42,44-45,47-57H2,1-3H3/b19-16-,20-17-,24-21-,28-25-,29-26-,36-33-,37-34-,46-43-/t58-/m0/s1. The van der Waals surface area contributed by atoms with Gasteiger partial charge >= 0.3 is 17.9 Å². The maximum Gasteiger partial charge on any atom is 0.306 e. The topological polar surface area (TPSA) is 78.9 Å². The number of allylic oxidation sites excluding steroid dienone is 16. The van der Waals surface area contributed by atoms with E-state index >= 15 is 0 Å². The average Bonchev–Trinajstić information content (AvgIpc) is 3.33. The van der Waals surface area contributed by atoms with Crippen molar-refractivity contribution in [2.45, 2.75) is 258 Å². The Balaban J connectivity index is 4.53. The van der Waals surface area contributed by atoms with Crippen molar-refractivity contribution in [3.63, 3.8) is 0 Å². The van der Waals surface area contributed by atoms with Crippen LogP contribution in [0.1, 0.15) is 252 Å². The van der Waals surface area contributed by atoms with Gasteiger partial charge < -0.3 is 14.2 Å². The number of carbonyl (C=O) groups excluding carboxylic acids is 3. The van der Waals surface area contributed by atoms with Crippen LogP contribution in [0.3, 0.4) is 0 Å². The highest BCUT2D eigenvalue weighted by Crippen LogP contribution is 2.13. The average molecular weight is 931 g/mol. The third-order valence-corrected chi connectivity index (χ3v) is 11.5. The lowest BCUT2D eigenvalue weighted by Crippen LogP contribution is -2.30. The van der Waals surface area contributed by atoms with Gasteiger partial charge in [0.05, 0.1) is 0 Å². The van der Waals surface area contributed by atoms with E-state index in [0.29, 0.717) is 19.3 Å². The van der Waals surface area contributed by atoms with Crippen LogP contribution < -0.4 is 0 Å². The lowest BCUT2D eigenvalue weighted by molar-refractivity contribution is -0.167. The second kappa shape index (κ2) is 54.9. The molecule has 6 heteroatoms. The first-order chi connectivity index (χ1) is 33.0. The van der Waals surface area contributed by atoms with E-state index in [9.17, 15) is 14.4 Å². The Morgan fingerprint density at radius 2 is 0.552 bits per heavy atom. The van der Waals surface area contributed by atoms with Gasteiger partial charge in [-0.1, -0.05) is 208 Å². The lowest BCUT2D eigenvalue weighted by Gasteiger charge is -2.18. The van der Waals surface area contributed by atoms with E-state index in [2.05, 4.69) is 118 Å². The molecule has 0 aliphatic heterocycles. The second-order valence-electron chi connectivity index (χ2n) is 18.1. The zero-order valence-corrected chi connectivity index (χ0v) is 43.6. The van der Waals surface area contributed by atoms with E-state index in [0.717, 1.165) is 89.9 Å². The first kappa shape index (κ1) is 63.3. The lowest BCUT2D eigenvalue weighted by atomic mass is 10.1. The Kier molecular flexibility index (Phi) is 51.9. The molecular weight excluding hydrogens is 829 g/mol. The van der Waals surface area contributed by atoms with Crippen LogP contribution in [-0.2, 0) is 28.6 Å². The van der Waals surface area contributed by atoms with Crippen LogP contribution in [0.25, 0.3) is 0 Å². The highest BCUT2D eigenvalue weighted by molar-refractivity contribution is 5.71. The Labute approximate surface area is 413 Å². The van der Waals surface area contributed by atoms with E-state index < -0.39 is 6.10 Å². The minimum absolute atomic E-state index is 0.109. The van der Waals surface area contributed by atoms with Crippen LogP contribution in [0.5, 0.6) is 0 Å². The summed E-state index contributed by atoms with van der Waals surface area (Å²) in [5.41, 5.74) is 0. The van der Waals surface area contributed by atoms with Crippen molar-refractivity contribution in [3.8, 4) is 0 Å². The van der Waals surface area contributed by atoms with Crippen LogP contribution >= 0.6 is 0 Å². The van der Waals surface area contributed by atoms with Gasteiger partial charge in [0.2, 0.25) is 0 Å². The molecule has 0 bridgehead atoms. The minimum atomic E-state index is -0.818. The molecule has 0 aliphatic carbocycles. The maximum absolute atomic E-state index is 12.8. The molecule has 382 valence electrons. The number of rotatable bonds is 49. The smallest absolute Gasteiger partial charge is 0.306 e. The van der Waals surface area contributed by atoms with Crippen molar-refractivity contribution in [2.75, 3.05) is 13.2 Å². The summed E-state index contributed by atoms with van der Waals surface area (Å²) in [6, 6.07) is 0. The molecule has 0 fully saturated rings. The third kappa shape index (κ3) is 53.2. The fraction of sp³-hybridized carbons (Fsp3) is 0.689. The van der Waals surface area contributed by atoms with Crippen LogP contribution in [0.4, 0.5) is 0 Å². The summed E-state index contributed by atoms with van der Waals surface area (Å²) in [7, 11) is 0. The second-order valence-corrected chi connectivity index (χ2v) is 18.1. The van der Waals surface area contributed by atoms with Crippen molar-refractivity contribution in [1.29, 1.82) is 0 Å². The molecule has 0 aromatic heterocycles. The molecule has 1 atom stereocenters. The molecule has 0 aromatic rings. The number of hydrogen-bond acceptors (Lipinski definition) is 6. The molecule has 0 unspecified atom stereocenters. The first-order valence-electron chi connectivity index (χ1n) is 27.7. The number of esters is 3. The monoisotopic (exact) mass is 931 g/mol. The van der Waals surface area contributed by atoms with Crippen molar-refractivity contribution in [2.24, 2.45) is 0 Å². The van der Waals surface area contributed by atoms with Crippen molar-refractivity contribution >= 4 is 17.9 Å². The van der Waals surface area contributed by atoms with Crippen LogP contribution in [0.15, 0.2) is 97.2 Å². The van der Waals surface area contributed by atoms with Crippen molar-refractivity contribution < 1.29 is 28.6 Å². The molecule has 6 nitrogen and oxygen atoms in total. The van der Waals surface area contributed by atoms with E-state index in [-0.39, 0.29) is 37.5 Å². The Bertz CT molecular complexity index is 1350. The zero-order chi connectivity index (χ0) is 48.6. The summed E-state index contributed by atoms with van der Waals surface area (Å²) in [4.78, 5) is 38.1. The predicted molar refractivity (Wildman–Crippen MR) is 288 cm³/mol. The molecule has 0 heterocycles. The first-order valence-corrected chi connectivity index (χ1v) is 27.7. The number of ether oxygens (including phenoxy) is 3. The Morgan fingerprint density at radius 1 is 0.299 bits per heavy atom. The molecule has 0 saturated carbocycles. The molecule has 0 radical (unpaired) electrons. The van der Waals surface area contributed by atoms with Crippen LogP contribution in [0.2, 0.25) is 0 Å². The fourth-order valence-corrected chi connectivity index (χ4v) is 7.32. The number of unbranched alkanes of at least 4 members (excludes halogenated alkanes) is 22. The summed E-state index contributed by atoms with van der Waals surface area (Å²) in [6.45, 7) is 6.50. The van der Waals surface area contributed by atoms with E-state index in [1.807, 2.05) is 0 Å². The Morgan fingerprint density at radius 3 is 0.925 bits per heavy atom. The highest BCUT2D eigenvalue weighted by Gasteiger charge is 2.19. The molecule has 0 aromatic carbocycles. The summed E-state index contributed by atoms with van der Waals surface area (Å²) >= 11 is 0. The van der Waals surface area contributed by atoms with Gasteiger partial charge in [-0.25, -0.2) is 0 Å². The molecule has 0 N–H and O–H groups in total. The molecule has 0 aliphatic rings. The molecule has 0 amide bonds. The minimum Gasteiger partial charge on any atom is -0.462 e. The van der Waals surface area contributed by atoms with E-state index in [1.54, 1.807) is 0 Å². The molecule has 0 saturated heterocycles.